The number of hydrogen-bond donors (Lipinski definition) is 2. The molecule has 0 aliphatic heterocycles. The SMILES string of the molecule is Oc1ccc(C=Nc2ccc3oc(-c4ccc(I)cc4)nc3c2)c(O)c1. The van der Waals surface area contributed by atoms with E-state index in [9.17, 15) is 10.2 Å². The second-order valence-corrected chi connectivity index (χ2v) is 6.92. The first kappa shape index (κ1) is 16.6. The molecule has 1 heterocycles. The van der Waals surface area contributed by atoms with Crippen LogP contribution < -0.4 is 0 Å². The summed E-state index contributed by atoms with van der Waals surface area (Å²) in [6, 6.07) is 17.8. The van der Waals surface area contributed by atoms with Crippen molar-refractivity contribution in [1.29, 1.82) is 0 Å². The molecule has 26 heavy (non-hydrogen) atoms. The van der Waals surface area contributed by atoms with E-state index >= 15 is 0 Å². The average Bonchev–Trinajstić information content (AvgIpc) is 3.05. The lowest BCUT2D eigenvalue weighted by atomic mass is 10.2. The second kappa shape index (κ2) is 6.80. The molecule has 0 radical (unpaired) electrons. The largest absolute Gasteiger partial charge is 0.508 e. The number of phenolic OH excluding ortho intramolecular Hbond substituents is 2. The van der Waals surface area contributed by atoms with Crippen LogP contribution in [0.5, 0.6) is 11.5 Å². The average molecular weight is 456 g/mol. The van der Waals surface area contributed by atoms with Crippen LogP contribution in [0.2, 0.25) is 0 Å². The van der Waals surface area contributed by atoms with Crippen molar-refractivity contribution in [2.24, 2.45) is 4.99 Å². The van der Waals surface area contributed by atoms with Crippen LogP contribution in [-0.4, -0.2) is 21.4 Å². The van der Waals surface area contributed by atoms with Crippen LogP contribution in [0.3, 0.4) is 0 Å². The van der Waals surface area contributed by atoms with Crippen molar-refractivity contribution in [2.45, 2.75) is 0 Å². The summed E-state index contributed by atoms with van der Waals surface area (Å²) in [5.41, 5.74) is 3.52. The molecular formula is C20H13IN2O3. The molecule has 128 valence electrons. The van der Waals surface area contributed by atoms with Gasteiger partial charge in [-0.3, -0.25) is 4.99 Å². The van der Waals surface area contributed by atoms with Crippen LogP contribution in [0.25, 0.3) is 22.6 Å². The third-order valence-electron chi connectivity index (χ3n) is 3.83. The lowest BCUT2D eigenvalue weighted by molar-refractivity contribution is 0.450. The molecule has 0 unspecified atom stereocenters. The summed E-state index contributed by atoms with van der Waals surface area (Å²) >= 11 is 2.25. The smallest absolute Gasteiger partial charge is 0.227 e. The number of aromatic hydroxyl groups is 2. The summed E-state index contributed by atoms with van der Waals surface area (Å²) in [6.45, 7) is 0. The first-order chi connectivity index (χ1) is 12.6. The van der Waals surface area contributed by atoms with Gasteiger partial charge in [0.2, 0.25) is 5.89 Å². The van der Waals surface area contributed by atoms with E-state index in [0.29, 0.717) is 28.2 Å². The van der Waals surface area contributed by atoms with Crippen molar-refractivity contribution in [3.05, 3.63) is 69.8 Å². The first-order valence-corrected chi connectivity index (χ1v) is 8.89. The lowest BCUT2D eigenvalue weighted by Gasteiger charge is -1.99. The van der Waals surface area contributed by atoms with Gasteiger partial charge in [-0.25, -0.2) is 4.98 Å². The van der Waals surface area contributed by atoms with E-state index in [2.05, 4.69) is 32.6 Å². The standard InChI is InChI=1S/C20H13IN2O3/c21-14-4-1-12(2-5-14)20-23-17-9-15(6-8-19(17)26-20)22-11-13-3-7-16(24)10-18(13)25/h1-11,24-25H. The van der Waals surface area contributed by atoms with Crippen molar-refractivity contribution in [3.8, 4) is 23.0 Å². The number of benzene rings is 3. The van der Waals surface area contributed by atoms with Gasteiger partial charge in [-0.1, -0.05) is 0 Å². The van der Waals surface area contributed by atoms with E-state index in [-0.39, 0.29) is 11.5 Å². The number of aliphatic imine (C=N–C) groups is 1. The maximum atomic E-state index is 9.81. The predicted molar refractivity (Wildman–Crippen MR) is 109 cm³/mol. The zero-order valence-electron chi connectivity index (χ0n) is 13.4. The number of fused-ring (bicyclic) bond motifs is 1. The van der Waals surface area contributed by atoms with Crippen molar-refractivity contribution in [2.75, 3.05) is 0 Å². The van der Waals surface area contributed by atoms with Crippen LogP contribution in [0.1, 0.15) is 5.56 Å². The minimum atomic E-state index is -0.0303. The second-order valence-electron chi connectivity index (χ2n) is 5.68. The molecule has 3 aromatic carbocycles. The Morgan fingerprint density at radius 3 is 2.54 bits per heavy atom. The Bertz CT molecular complexity index is 1120. The molecule has 4 aromatic rings. The van der Waals surface area contributed by atoms with Gasteiger partial charge in [0.1, 0.15) is 17.0 Å². The van der Waals surface area contributed by atoms with E-state index in [0.717, 1.165) is 9.13 Å². The van der Waals surface area contributed by atoms with Crippen LogP contribution in [0.15, 0.2) is 70.1 Å². The van der Waals surface area contributed by atoms with Gasteiger partial charge in [0.15, 0.2) is 5.58 Å². The highest BCUT2D eigenvalue weighted by Gasteiger charge is 2.08. The van der Waals surface area contributed by atoms with Crippen molar-refractivity contribution < 1.29 is 14.6 Å². The van der Waals surface area contributed by atoms with Gasteiger partial charge >= 0.3 is 0 Å². The normalized spacial score (nSPS) is 11.4. The highest BCUT2D eigenvalue weighted by atomic mass is 127. The fraction of sp³-hybridized carbons (Fsp3) is 0. The first-order valence-electron chi connectivity index (χ1n) is 7.81. The number of nitrogens with zero attached hydrogens (tertiary/aromatic N) is 2. The Labute approximate surface area is 162 Å². The number of halogens is 1. The van der Waals surface area contributed by atoms with E-state index < -0.39 is 0 Å². The van der Waals surface area contributed by atoms with E-state index in [1.54, 1.807) is 6.07 Å². The Balaban J connectivity index is 1.65. The zero-order valence-corrected chi connectivity index (χ0v) is 15.6. The Morgan fingerprint density at radius 2 is 1.77 bits per heavy atom. The molecule has 0 saturated carbocycles. The molecule has 0 spiro atoms. The molecule has 0 aliphatic rings. The van der Waals surface area contributed by atoms with Gasteiger partial charge in [-0.05, 0) is 77.2 Å². The maximum absolute atomic E-state index is 9.81. The summed E-state index contributed by atoms with van der Waals surface area (Å²) in [7, 11) is 0. The van der Waals surface area contributed by atoms with Gasteiger partial charge in [0.25, 0.3) is 0 Å². The molecule has 2 N–H and O–H groups in total. The van der Waals surface area contributed by atoms with Gasteiger partial charge in [0.05, 0.1) is 5.69 Å². The molecule has 5 nitrogen and oxygen atoms in total. The minimum Gasteiger partial charge on any atom is -0.508 e. The van der Waals surface area contributed by atoms with Crippen LogP contribution in [0, 0.1) is 3.57 Å². The molecule has 4 rings (SSSR count). The third-order valence-corrected chi connectivity index (χ3v) is 4.55. The number of rotatable bonds is 3. The molecule has 0 atom stereocenters. The molecule has 0 fully saturated rings. The van der Waals surface area contributed by atoms with Gasteiger partial charge in [-0.15, -0.1) is 0 Å². The van der Waals surface area contributed by atoms with E-state index in [1.807, 2.05) is 42.5 Å². The number of aromatic nitrogens is 1. The highest BCUT2D eigenvalue weighted by Crippen LogP contribution is 2.28. The Morgan fingerprint density at radius 1 is 0.962 bits per heavy atom. The molecule has 0 saturated heterocycles. The molecular weight excluding hydrogens is 443 g/mol. The molecule has 0 bridgehead atoms. The zero-order chi connectivity index (χ0) is 18.1. The summed E-state index contributed by atoms with van der Waals surface area (Å²) < 4.78 is 6.96. The maximum Gasteiger partial charge on any atom is 0.227 e. The van der Waals surface area contributed by atoms with Crippen molar-refractivity contribution >= 4 is 45.6 Å². The van der Waals surface area contributed by atoms with Gasteiger partial charge < -0.3 is 14.6 Å². The van der Waals surface area contributed by atoms with Gasteiger partial charge in [-0.2, -0.15) is 0 Å². The van der Waals surface area contributed by atoms with Crippen LogP contribution in [0.4, 0.5) is 5.69 Å². The fourth-order valence-electron chi connectivity index (χ4n) is 2.50. The fourth-order valence-corrected chi connectivity index (χ4v) is 2.86. The predicted octanol–water partition coefficient (Wildman–Crippen LogP) is 5.26. The molecule has 0 aliphatic carbocycles. The van der Waals surface area contributed by atoms with Crippen molar-refractivity contribution in [1.82, 2.24) is 4.98 Å². The topological polar surface area (TPSA) is 78.9 Å². The Hall–Kier alpha value is -2.87. The van der Waals surface area contributed by atoms with Crippen LogP contribution >= 0.6 is 22.6 Å². The van der Waals surface area contributed by atoms with E-state index in [4.69, 9.17) is 4.42 Å². The summed E-state index contributed by atoms with van der Waals surface area (Å²) in [5.74, 6) is 0.540. The lowest BCUT2D eigenvalue weighted by Crippen LogP contribution is -1.81. The summed E-state index contributed by atoms with van der Waals surface area (Å²) in [5, 5.41) is 19.1. The van der Waals surface area contributed by atoms with Gasteiger partial charge in [0, 0.05) is 27.0 Å². The summed E-state index contributed by atoms with van der Waals surface area (Å²) in [4.78, 5) is 8.89. The van der Waals surface area contributed by atoms with E-state index in [1.165, 1.54) is 18.3 Å². The number of hydrogen-bond acceptors (Lipinski definition) is 5. The minimum absolute atomic E-state index is 0.00629. The van der Waals surface area contributed by atoms with Crippen molar-refractivity contribution in [3.63, 3.8) is 0 Å². The quantitative estimate of drug-likeness (QED) is 0.326. The molecule has 0 amide bonds. The molecule has 1 aromatic heterocycles. The molecule has 6 heteroatoms. The third kappa shape index (κ3) is 3.41. The number of phenols is 2. The summed E-state index contributed by atoms with van der Waals surface area (Å²) in [6.07, 6.45) is 1.54. The number of oxazole rings is 1. The monoisotopic (exact) mass is 456 g/mol. The van der Waals surface area contributed by atoms with Crippen LogP contribution in [-0.2, 0) is 0 Å². The highest BCUT2D eigenvalue weighted by molar-refractivity contribution is 14.1. The Kier molecular flexibility index (Phi) is 4.34.